The van der Waals surface area contributed by atoms with Crippen LogP contribution in [0.3, 0.4) is 0 Å². The van der Waals surface area contributed by atoms with Gasteiger partial charge in [0.05, 0.1) is 6.10 Å². The van der Waals surface area contributed by atoms with Crippen molar-refractivity contribution in [3.8, 4) is 0 Å². The summed E-state index contributed by atoms with van der Waals surface area (Å²) >= 11 is 4.10. The highest BCUT2D eigenvalue weighted by Gasteiger charge is 2.78. The summed E-state index contributed by atoms with van der Waals surface area (Å²) in [5.74, 6) is -2.65. The number of hydrogen-bond acceptors (Lipinski definition) is 5. The van der Waals surface area contributed by atoms with Gasteiger partial charge in [-0.15, -0.1) is 12.6 Å². The zero-order chi connectivity index (χ0) is 23.9. The van der Waals surface area contributed by atoms with Crippen molar-refractivity contribution >= 4 is 29.5 Å². The number of ether oxygens (including phenoxy) is 1. The summed E-state index contributed by atoms with van der Waals surface area (Å²) in [7, 11) is 0. The van der Waals surface area contributed by atoms with E-state index in [1.165, 1.54) is 6.08 Å². The molecule has 3 fully saturated rings. The van der Waals surface area contributed by atoms with Gasteiger partial charge in [0.2, 0.25) is 5.12 Å². The quantitative estimate of drug-likeness (QED) is 0.483. The molecule has 4 rings (SSSR count). The predicted molar refractivity (Wildman–Crippen MR) is 116 cm³/mol. The number of carbonyl (C=O) groups is 3. The highest BCUT2D eigenvalue weighted by atomic mass is 32.1. The molecule has 9 atom stereocenters. The summed E-state index contributed by atoms with van der Waals surface area (Å²) in [6.07, 6.45) is -1.46. The molecule has 0 heterocycles. The molecule has 0 saturated heterocycles. The van der Waals surface area contributed by atoms with Crippen LogP contribution in [0.5, 0.6) is 0 Å². The Labute approximate surface area is 192 Å². The highest BCUT2D eigenvalue weighted by Crippen LogP contribution is 2.72. The lowest BCUT2D eigenvalue weighted by Crippen LogP contribution is -2.71. The summed E-state index contributed by atoms with van der Waals surface area (Å²) < 4.78 is 38.4. The van der Waals surface area contributed by atoms with Gasteiger partial charge >= 0.3 is 5.97 Å². The van der Waals surface area contributed by atoms with E-state index in [-0.39, 0.29) is 43.5 Å². The molecule has 0 bridgehead atoms. The number of esters is 1. The zero-order valence-electron chi connectivity index (χ0n) is 19.0. The first-order valence-electron chi connectivity index (χ1n) is 11.5. The van der Waals surface area contributed by atoms with Crippen molar-refractivity contribution in [2.45, 2.75) is 89.8 Å². The first-order chi connectivity index (χ1) is 14.8. The predicted octanol–water partition coefficient (Wildman–Crippen LogP) is 3.92. The van der Waals surface area contributed by atoms with Gasteiger partial charge in [0.1, 0.15) is 11.8 Å². The standard InChI is InChI=1S/C24H32F2O5S/c1-5-19(29)31-24(20(30)32)12(2)8-14-15-10-17(25)16-9-13(27)6-7-21(16,3)23(15,26)18(28)11-22(14,24)4/h9,12,14-15,17-18,28H,5-8,10-11H2,1-4H3,(H,30,32)/t12-,14+,15+,17+,18+,21+,22+,23+,24+/m1/s1. The molecule has 0 aliphatic heterocycles. The van der Waals surface area contributed by atoms with E-state index >= 15 is 8.78 Å². The van der Waals surface area contributed by atoms with E-state index in [0.717, 1.165) is 0 Å². The SMILES string of the molecule is CCC(=O)O[C@]1(C(=O)S)[C@H](C)C[C@H]2[C@@H]3C[C@H](F)C4=CC(=O)CC[C@]4(C)[C@@]3(F)[C@@H](O)C[C@@]21C. The average molecular weight is 471 g/mol. The third-order valence-corrected chi connectivity index (χ3v) is 9.78. The third kappa shape index (κ3) is 2.68. The van der Waals surface area contributed by atoms with Crippen molar-refractivity contribution in [2.24, 2.45) is 28.6 Å². The van der Waals surface area contributed by atoms with Crippen LogP contribution in [0.1, 0.15) is 66.2 Å². The zero-order valence-corrected chi connectivity index (χ0v) is 19.9. The van der Waals surface area contributed by atoms with Crippen LogP contribution < -0.4 is 0 Å². The highest BCUT2D eigenvalue weighted by molar-refractivity contribution is 7.96. The largest absolute Gasteiger partial charge is 0.449 e. The van der Waals surface area contributed by atoms with Crippen molar-refractivity contribution < 1.29 is 33.0 Å². The van der Waals surface area contributed by atoms with Gasteiger partial charge in [-0.3, -0.25) is 14.4 Å². The Hall–Kier alpha value is -1.28. The molecular weight excluding hydrogens is 438 g/mol. The number of ketones is 1. The number of carbonyl (C=O) groups excluding carboxylic acids is 3. The Morgan fingerprint density at radius 1 is 1.28 bits per heavy atom. The molecule has 0 spiro atoms. The molecule has 0 aromatic carbocycles. The average Bonchev–Trinajstić information content (AvgIpc) is 2.93. The van der Waals surface area contributed by atoms with Crippen LogP contribution in [0.2, 0.25) is 0 Å². The van der Waals surface area contributed by atoms with Gasteiger partial charge in [-0.2, -0.15) is 0 Å². The number of fused-ring (bicyclic) bond motifs is 5. The molecule has 178 valence electrons. The summed E-state index contributed by atoms with van der Waals surface area (Å²) in [6, 6.07) is 0. The summed E-state index contributed by atoms with van der Waals surface area (Å²) in [5.41, 5.74) is -6.06. The van der Waals surface area contributed by atoms with Crippen molar-refractivity contribution in [1.82, 2.24) is 0 Å². The second kappa shape index (κ2) is 7.36. The van der Waals surface area contributed by atoms with E-state index < -0.39 is 63.2 Å². The Bertz CT molecular complexity index is 907. The lowest BCUT2D eigenvalue weighted by atomic mass is 9.43. The lowest BCUT2D eigenvalue weighted by molar-refractivity contribution is -0.236. The number of rotatable bonds is 3. The number of halogens is 2. The number of hydrogen-bond donors (Lipinski definition) is 2. The van der Waals surface area contributed by atoms with E-state index in [2.05, 4.69) is 12.6 Å². The molecule has 5 nitrogen and oxygen atoms in total. The van der Waals surface area contributed by atoms with Gasteiger partial charge in [-0.05, 0) is 43.3 Å². The minimum atomic E-state index is -2.16. The van der Waals surface area contributed by atoms with E-state index in [4.69, 9.17) is 4.74 Å². The normalized spacial score (nSPS) is 50.1. The van der Waals surface area contributed by atoms with Gasteiger partial charge in [0, 0.05) is 35.5 Å². The molecule has 0 amide bonds. The Morgan fingerprint density at radius 2 is 1.94 bits per heavy atom. The maximum atomic E-state index is 17.2. The van der Waals surface area contributed by atoms with E-state index in [1.807, 2.05) is 0 Å². The van der Waals surface area contributed by atoms with Crippen LogP contribution in [0.4, 0.5) is 8.78 Å². The summed E-state index contributed by atoms with van der Waals surface area (Å²) in [5, 5.41) is 10.7. The van der Waals surface area contributed by atoms with Crippen molar-refractivity contribution in [2.75, 3.05) is 0 Å². The maximum Gasteiger partial charge on any atom is 0.306 e. The van der Waals surface area contributed by atoms with E-state index in [0.29, 0.717) is 6.42 Å². The fourth-order valence-corrected chi connectivity index (χ4v) is 8.37. The molecule has 0 aromatic heterocycles. The minimum Gasteiger partial charge on any atom is -0.449 e. The topological polar surface area (TPSA) is 80.7 Å². The van der Waals surface area contributed by atoms with Crippen LogP contribution in [-0.4, -0.2) is 45.5 Å². The first kappa shape index (κ1) is 23.9. The van der Waals surface area contributed by atoms with Crippen molar-refractivity contribution in [3.05, 3.63) is 11.6 Å². The molecule has 0 radical (unpaired) electrons. The first-order valence-corrected chi connectivity index (χ1v) is 12.0. The van der Waals surface area contributed by atoms with Gasteiger partial charge in [-0.1, -0.05) is 27.7 Å². The van der Waals surface area contributed by atoms with Crippen LogP contribution in [0, 0.1) is 28.6 Å². The second-order valence-corrected chi connectivity index (χ2v) is 11.1. The fraction of sp³-hybridized carbons (Fsp3) is 0.792. The number of alkyl halides is 2. The van der Waals surface area contributed by atoms with Gasteiger partial charge in [0.25, 0.3) is 0 Å². The molecule has 1 N–H and O–H groups in total. The summed E-state index contributed by atoms with van der Waals surface area (Å²) in [4.78, 5) is 37.3. The van der Waals surface area contributed by atoms with E-state index in [9.17, 15) is 19.5 Å². The van der Waals surface area contributed by atoms with Gasteiger partial charge in [-0.25, -0.2) is 8.78 Å². The monoisotopic (exact) mass is 470 g/mol. The van der Waals surface area contributed by atoms with Crippen molar-refractivity contribution in [3.63, 3.8) is 0 Å². The van der Waals surface area contributed by atoms with Crippen LogP contribution in [0.15, 0.2) is 11.6 Å². The van der Waals surface area contributed by atoms with Crippen LogP contribution in [-0.2, 0) is 19.1 Å². The maximum absolute atomic E-state index is 17.2. The number of thiol groups is 1. The summed E-state index contributed by atoms with van der Waals surface area (Å²) in [6.45, 7) is 6.75. The van der Waals surface area contributed by atoms with Gasteiger partial charge in [0.15, 0.2) is 11.4 Å². The van der Waals surface area contributed by atoms with E-state index in [1.54, 1.807) is 27.7 Å². The number of allylic oxidation sites excluding steroid dienone is 1. The molecule has 4 aliphatic carbocycles. The van der Waals surface area contributed by atoms with Crippen LogP contribution in [0.25, 0.3) is 0 Å². The smallest absolute Gasteiger partial charge is 0.306 e. The Kier molecular flexibility index (Phi) is 5.49. The van der Waals surface area contributed by atoms with Gasteiger partial charge < -0.3 is 9.84 Å². The fourth-order valence-electron chi connectivity index (χ4n) is 7.85. The molecule has 0 unspecified atom stereocenters. The third-order valence-electron chi connectivity index (χ3n) is 9.45. The second-order valence-electron chi connectivity index (χ2n) is 10.7. The molecule has 8 heteroatoms. The van der Waals surface area contributed by atoms with Crippen LogP contribution >= 0.6 is 12.6 Å². The Balaban J connectivity index is 1.86. The minimum absolute atomic E-state index is 0.0577. The molecule has 3 saturated carbocycles. The molecular formula is C24H32F2O5S. The van der Waals surface area contributed by atoms with Crippen molar-refractivity contribution in [1.29, 1.82) is 0 Å². The number of aliphatic hydroxyl groups is 1. The molecule has 32 heavy (non-hydrogen) atoms. The number of aliphatic hydroxyl groups excluding tert-OH is 1. The molecule has 0 aromatic rings. The molecule has 4 aliphatic rings. The lowest BCUT2D eigenvalue weighted by Gasteiger charge is -2.64. The Morgan fingerprint density at radius 3 is 2.53 bits per heavy atom.